The van der Waals surface area contributed by atoms with E-state index in [-0.39, 0.29) is 0 Å². The molecule has 0 aliphatic rings. The molecule has 2 heterocycles. The van der Waals surface area contributed by atoms with E-state index in [0.717, 1.165) is 22.2 Å². The molecule has 3 rings (SSSR count). The van der Waals surface area contributed by atoms with E-state index in [1.54, 1.807) is 6.20 Å². The number of pyridine rings is 1. The second-order valence-corrected chi connectivity index (χ2v) is 3.82. The summed E-state index contributed by atoms with van der Waals surface area (Å²) in [7, 11) is 0. The van der Waals surface area contributed by atoms with Gasteiger partial charge in [-0.25, -0.2) is 4.68 Å². The average Bonchev–Trinajstić information content (AvgIpc) is 2.82. The molecule has 0 radical (unpaired) electrons. The smallest absolute Gasteiger partial charge is 0.0924 e. The molecule has 4 heteroatoms. The monoisotopic (exact) mass is 224 g/mol. The van der Waals surface area contributed by atoms with Crippen molar-refractivity contribution in [2.45, 2.75) is 6.54 Å². The van der Waals surface area contributed by atoms with Crippen LogP contribution in [0.15, 0.2) is 48.9 Å². The van der Waals surface area contributed by atoms with Gasteiger partial charge in [-0.1, -0.05) is 18.2 Å². The zero-order chi connectivity index (χ0) is 11.7. The van der Waals surface area contributed by atoms with Gasteiger partial charge in [0.25, 0.3) is 0 Å². The fourth-order valence-corrected chi connectivity index (χ4v) is 1.95. The Bertz CT molecular complexity index is 657. The summed E-state index contributed by atoms with van der Waals surface area (Å²) in [6.07, 6.45) is 5.42. The van der Waals surface area contributed by atoms with Crippen LogP contribution in [0.3, 0.4) is 0 Å². The van der Waals surface area contributed by atoms with Crippen molar-refractivity contribution in [3.63, 3.8) is 0 Å². The van der Waals surface area contributed by atoms with Crippen molar-refractivity contribution in [1.29, 1.82) is 0 Å². The lowest BCUT2D eigenvalue weighted by Gasteiger charge is -2.08. The molecule has 0 saturated carbocycles. The molecule has 84 valence electrons. The average molecular weight is 224 g/mol. The quantitative estimate of drug-likeness (QED) is 0.723. The van der Waals surface area contributed by atoms with Gasteiger partial charge in [0, 0.05) is 18.1 Å². The highest BCUT2D eigenvalue weighted by molar-refractivity contribution is 5.79. The number of benzene rings is 1. The molecule has 2 N–H and O–H groups in total. The van der Waals surface area contributed by atoms with Crippen LogP contribution in [0, 0.1) is 0 Å². The maximum atomic E-state index is 5.74. The third kappa shape index (κ3) is 1.59. The normalized spacial score (nSPS) is 10.9. The molecule has 0 atom stereocenters. The van der Waals surface area contributed by atoms with Gasteiger partial charge in [-0.15, -0.1) is 0 Å². The Morgan fingerprint density at radius 3 is 2.88 bits per heavy atom. The minimum absolute atomic E-state index is 0.498. The van der Waals surface area contributed by atoms with Crippen LogP contribution in [-0.4, -0.2) is 14.8 Å². The largest absolute Gasteiger partial charge is 0.326 e. The van der Waals surface area contributed by atoms with Gasteiger partial charge in [0.2, 0.25) is 0 Å². The first-order chi connectivity index (χ1) is 8.40. The fraction of sp³-hybridized carbons (Fsp3) is 0.0769. The van der Waals surface area contributed by atoms with Crippen LogP contribution in [0.4, 0.5) is 0 Å². The maximum absolute atomic E-state index is 5.74. The molecule has 0 unspecified atom stereocenters. The maximum Gasteiger partial charge on any atom is 0.0924 e. The van der Waals surface area contributed by atoms with Crippen molar-refractivity contribution < 1.29 is 0 Å². The lowest BCUT2D eigenvalue weighted by atomic mass is 10.2. The summed E-state index contributed by atoms with van der Waals surface area (Å²) in [5.74, 6) is 0. The lowest BCUT2D eigenvalue weighted by molar-refractivity contribution is 0.883. The minimum Gasteiger partial charge on any atom is -0.326 e. The van der Waals surface area contributed by atoms with Gasteiger partial charge < -0.3 is 5.73 Å². The molecule has 2 aromatic heterocycles. The first-order valence-electron chi connectivity index (χ1n) is 5.46. The number of rotatable bonds is 2. The molecule has 0 spiro atoms. The van der Waals surface area contributed by atoms with Crippen molar-refractivity contribution in [2.24, 2.45) is 5.73 Å². The molecule has 17 heavy (non-hydrogen) atoms. The summed E-state index contributed by atoms with van der Waals surface area (Å²) >= 11 is 0. The Morgan fingerprint density at radius 2 is 2.00 bits per heavy atom. The molecule has 0 aliphatic heterocycles. The zero-order valence-electron chi connectivity index (χ0n) is 9.24. The topological polar surface area (TPSA) is 56.7 Å². The van der Waals surface area contributed by atoms with Gasteiger partial charge in [-0.3, -0.25) is 4.98 Å². The summed E-state index contributed by atoms with van der Waals surface area (Å²) in [4.78, 5) is 4.13. The number of nitrogens with two attached hydrogens (primary N) is 1. The second kappa shape index (κ2) is 3.99. The highest BCUT2D eigenvalue weighted by Crippen LogP contribution is 2.19. The van der Waals surface area contributed by atoms with E-state index in [4.69, 9.17) is 5.73 Å². The number of hydrogen-bond acceptors (Lipinski definition) is 3. The Kier molecular flexibility index (Phi) is 2.34. The third-order valence-corrected chi connectivity index (χ3v) is 2.81. The number of fused-ring (bicyclic) bond motifs is 1. The van der Waals surface area contributed by atoms with E-state index in [0.29, 0.717) is 6.54 Å². The summed E-state index contributed by atoms with van der Waals surface area (Å²) in [6, 6.07) is 9.94. The van der Waals surface area contributed by atoms with Crippen molar-refractivity contribution >= 4 is 10.9 Å². The van der Waals surface area contributed by atoms with E-state index in [1.165, 1.54) is 0 Å². The van der Waals surface area contributed by atoms with Crippen molar-refractivity contribution in [2.75, 3.05) is 0 Å². The van der Waals surface area contributed by atoms with E-state index in [9.17, 15) is 0 Å². The Labute approximate surface area is 98.7 Å². The van der Waals surface area contributed by atoms with Gasteiger partial charge >= 0.3 is 0 Å². The first-order valence-corrected chi connectivity index (χ1v) is 5.46. The van der Waals surface area contributed by atoms with Gasteiger partial charge in [0.05, 0.1) is 23.6 Å². The molecule has 0 fully saturated rings. The summed E-state index contributed by atoms with van der Waals surface area (Å²) < 4.78 is 1.88. The van der Waals surface area contributed by atoms with Gasteiger partial charge in [-0.05, 0) is 17.7 Å². The number of aromatic nitrogens is 3. The van der Waals surface area contributed by atoms with Crippen molar-refractivity contribution in [3.05, 3.63) is 54.5 Å². The van der Waals surface area contributed by atoms with Crippen LogP contribution < -0.4 is 5.73 Å². The Balaban J connectivity index is 2.27. The van der Waals surface area contributed by atoms with E-state index < -0.39 is 0 Å². The molecule has 0 amide bonds. The Morgan fingerprint density at radius 1 is 1.12 bits per heavy atom. The number of nitrogens with zero attached hydrogens (tertiary/aromatic N) is 3. The van der Waals surface area contributed by atoms with E-state index in [2.05, 4.69) is 10.1 Å². The van der Waals surface area contributed by atoms with E-state index >= 15 is 0 Å². The summed E-state index contributed by atoms with van der Waals surface area (Å²) in [6.45, 7) is 0.498. The number of para-hydroxylation sites is 1. The highest BCUT2D eigenvalue weighted by atomic mass is 15.3. The molecule has 3 aromatic rings. The first kappa shape index (κ1) is 9.99. The second-order valence-electron chi connectivity index (χ2n) is 3.82. The minimum atomic E-state index is 0.498. The lowest BCUT2D eigenvalue weighted by Crippen LogP contribution is -2.05. The number of hydrogen-bond donors (Lipinski definition) is 1. The molecule has 1 aromatic carbocycles. The predicted molar refractivity (Wildman–Crippen MR) is 66.8 cm³/mol. The van der Waals surface area contributed by atoms with Crippen LogP contribution in [0.5, 0.6) is 0 Å². The molecule has 0 aliphatic carbocycles. The van der Waals surface area contributed by atoms with Crippen LogP contribution in [0.25, 0.3) is 16.6 Å². The molecule has 4 nitrogen and oxygen atoms in total. The van der Waals surface area contributed by atoms with Gasteiger partial charge in [0.1, 0.15) is 0 Å². The standard InChI is InChI=1S/C13H12N4/c14-7-10-3-1-2-4-12(10)17-13-9-15-6-5-11(13)8-16-17/h1-6,8-9H,7,14H2. The molecule has 0 bridgehead atoms. The van der Waals surface area contributed by atoms with E-state index in [1.807, 2.05) is 47.4 Å². The van der Waals surface area contributed by atoms with Crippen LogP contribution in [0.1, 0.15) is 5.56 Å². The Hall–Kier alpha value is -2.20. The van der Waals surface area contributed by atoms with Crippen LogP contribution in [-0.2, 0) is 6.54 Å². The predicted octanol–water partition coefficient (Wildman–Crippen LogP) is 1.88. The molecular weight excluding hydrogens is 212 g/mol. The highest BCUT2D eigenvalue weighted by Gasteiger charge is 2.07. The van der Waals surface area contributed by atoms with Crippen molar-refractivity contribution in [1.82, 2.24) is 14.8 Å². The fourth-order valence-electron chi connectivity index (χ4n) is 1.95. The third-order valence-electron chi connectivity index (χ3n) is 2.81. The molecule has 0 saturated heterocycles. The van der Waals surface area contributed by atoms with Gasteiger partial charge in [0.15, 0.2) is 0 Å². The zero-order valence-corrected chi connectivity index (χ0v) is 9.24. The van der Waals surface area contributed by atoms with Crippen molar-refractivity contribution in [3.8, 4) is 5.69 Å². The molecular formula is C13H12N4. The SMILES string of the molecule is NCc1ccccc1-n1ncc2ccncc21. The summed E-state index contributed by atoms with van der Waals surface area (Å²) in [5.41, 5.74) is 8.82. The van der Waals surface area contributed by atoms with Crippen LogP contribution >= 0.6 is 0 Å². The van der Waals surface area contributed by atoms with Gasteiger partial charge in [-0.2, -0.15) is 5.10 Å². The summed E-state index contributed by atoms with van der Waals surface area (Å²) in [5, 5.41) is 5.47. The van der Waals surface area contributed by atoms with Crippen LogP contribution in [0.2, 0.25) is 0 Å².